The highest BCUT2D eigenvalue weighted by Gasteiger charge is 2.44. The second kappa shape index (κ2) is 7.90. The molecular weight excluding hydrogens is 346 g/mol. The molecule has 0 N–H and O–H groups in total. The number of nitriles is 1. The molecule has 0 aliphatic carbocycles. The zero-order valence-electron chi connectivity index (χ0n) is 13.7. The van der Waals surface area contributed by atoms with Gasteiger partial charge in [-0.2, -0.15) is 5.26 Å². The average Bonchev–Trinajstić information content (AvgIpc) is 2.53. The second-order valence-electron chi connectivity index (χ2n) is 5.56. The zero-order chi connectivity index (χ0) is 18.6. The first-order valence-corrected chi connectivity index (χ1v) is 7.93. The summed E-state index contributed by atoms with van der Waals surface area (Å²) in [5.41, 5.74) is 1.33. The molecule has 1 aromatic carbocycles. The lowest BCUT2D eigenvalue weighted by atomic mass is 9.80. The highest BCUT2D eigenvalue weighted by molar-refractivity contribution is 6.30. The molecule has 0 aromatic heterocycles. The van der Waals surface area contributed by atoms with E-state index in [1.165, 1.54) is 0 Å². The van der Waals surface area contributed by atoms with Gasteiger partial charge in [-0.25, -0.2) is 4.79 Å². The Morgan fingerprint density at radius 3 is 2.80 bits per heavy atom. The Labute approximate surface area is 149 Å². The van der Waals surface area contributed by atoms with Crippen LogP contribution in [0.2, 0.25) is 5.02 Å². The molecule has 0 spiro atoms. The van der Waals surface area contributed by atoms with Crippen LogP contribution in [0.25, 0.3) is 0 Å². The number of aliphatic imine (C=N–C) groups is 1. The van der Waals surface area contributed by atoms with Crippen LogP contribution in [0.4, 0.5) is 0 Å². The molecule has 2 rings (SSSR count). The van der Waals surface area contributed by atoms with E-state index in [1.807, 2.05) is 6.07 Å². The fraction of sp³-hybridized carbons (Fsp3) is 0.353. The lowest BCUT2D eigenvalue weighted by molar-refractivity contribution is -0.505. The minimum Gasteiger partial charge on any atom is -0.461 e. The molecule has 2 unspecified atom stereocenters. The Bertz CT molecular complexity index is 810. The maximum absolute atomic E-state index is 12.5. The summed E-state index contributed by atoms with van der Waals surface area (Å²) in [6, 6.07) is 7.28. The summed E-state index contributed by atoms with van der Waals surface area (Å²) in [6.45, 7) is 3.09. The topological polar surface area (TPSA) is 106 Å². The monoisotopic (exact) mass is 361 g/mol. The lowest BCUT2D eigenvalue weighted by Gasteiger charge is -2.27. The number of allylic oxidation sites excluding steroid dienone is 1. The van der Waals surface area contributed by atoms with Crippen molar-refractivity contribution in [3.05, 3.63) is 56.2 Å². The number of esters is 1. The smallest absolute Gasteiger partial charge is 0.336 e. The molecule has 0 radical (unpaired) electrons. The molecule has 2 atom stereocenters. The first-order valence-electron chi connectivity index (χ1n) is 7.55. The third-order valence-corrected chi connectivity index (χ3v) is 4.13. The highest BCUT2D eigenvalue weighted by Crippen LogP contribution is 2.37. The summed E-state index contributed by atoms with van der Waals surface area (Å²) in [4.78, 5) is 27.9. The number of hydrogen-bond donors (Lipinski definition) is 0. The normalized spacial score (nSPS) is 19.8. The van der Waals surface area contributed by atoms with Gasteiger partial charge in [0.05, 0.1) is 29.7 Å². The van der Waals surface area contributed by atoms with Crippen molar-refractivity contribution in [3.63, 3.8) is 0 Å². The number of nitro groups is 1. The van der Waals surface area contributed by atoms with E-state index in [9.17, 15) is 14.9 Å². The summed E-state index contributed by atoms with van der Waals surface area (Å²) < 4.78 is 5.09. The molecule has 25 heavy (non-hydrogen) atoms. The van der Waals surface area contributed by atoms with Crippen LogP contribution in [0.15, 0.2) is 40.5 Å². The van der Waals surface area contributed by atoms with Gasteiger partial charge in [-0.3, -0.25) is 15.1 Å². The molecule has 0 fully saturated rings. The Balaban J connectivity index is 2.54. The SMILES string of the molecule is CC1=NC(C)=C(C(=O)OCCC#N)C(c2cccc(Cl)c2)C1[N+](=O)[O-]. The van der Waals surface area contributed by atoms with Gasteiger partial charge in [0.25, 0.3) is 6.04 Å². The van der Waals surface area contributed by atoms with Crippen molar-refractivity contribution in [2.45, 2.75) is 32.2 Å². The highest BCUT2D eigenvalue weighted by atomic mass is 35.5. The molecule has 0 bridgehead atoms. The number of carbonyl (C=O) groups excluding carboxylic acids is 1. The van der Waals surface area contributed by atoms with Crippen molar-refractivity contribution in [2.24, 2.45) is 4.99 Å². The van der Waals surface area contributed by atoms with E-state index in [0.29, 0.717) is 22.0 Å². The molecule has 0 saturated carbocycles. The Kier molecular flexibility index (Phi) is 5.88. The van der Waals surface area contributed by atoms with Gasteiger partial charge in [0, 0.05) is 15.6 Å². The van der Waals surface area contributed by atoms with Crippen LogP contribution in [0.3, 0.4) is 0 Å². The molecule has 1 aliphatic rings. The Morgan fingerprint density at radius 1 is 1.48 bits per heavy atom. The number of halogens is 1. The minimum atomic E-state index is -1.19. The number of benzene rings is 1. The Hall–Kier alpha value is -2.72. The van der Waals surface area contributed by atoms with Gasteiger partial charge in [-0.05, 0) is 31.5 Å². The molecule has 7 nitrogen and oxygen atoms in total. The van der Waals surface area contributed by atoms with Crippen molar-refractivity contribution in [3.8, 4) is 6.07 Å². The summed E-state index contributed by atoms with van der Waals surface area (Å²) in [5.74, 6) is -1.57. The maximum Gasteiger partial charge on any atom is 0.336 e. The first kappa shape index (κ1) is 18.6. The van der Waals surface area contributed by atoms with Gasteiger partial charge in [0.1, 0.15) is 6.61 Å². The van der Waals surface area contributed by atoms with Crippen LogP contribution in [-0.2, 0) is 9.53 Å². The van der Waals surface area contributed by atoms with Crippen molar-refractivity contribution < 1.29 is 14.5 Å². The fourth-order valence-corrected chi connectivity index (χ4v) is 3.08. The van der Waals surface area contributed by atoms with E-state index in [2.05, 4.69) is 4.99 Å². The van der Waals surface area contributed by atoms with Crippen molar-refractivity contribution in [1.82, 2.24) is 0 Å². The maximum atomic E-state index is 12.5. The molecule has 130 valence electrons. The molecule has 1 aromatic rings. The van der Waals surface area contributed by atoms with E-state index in [4.69, 9.17) is 21.6 Å². The Morgan fingerprint density at radius 2 is 2.20 bits per heavy atom. The van der Waals surface area contributed by atoms with Crippen LogP contribution in [-0.4, -0.2) is 29.3 Å². The summed E-state index contributed by atoms with van der Waals surface area (Å²) in [5, 5.41) is 20.6. The van der Waals surface area contributed by atoms with Gasteiger partial charge in [-0.15, -0.1) is 0 Å². The summed E-state index contributed by atoms with van der Waals surface area (Å²) >= 11 is 6.03. The lowest BCUT2D eigenvalue weighted by Crippen LogP contribution is -2.40. The minimum absolute atomic E-state index is 0.0425. The third kappa shape index (κ3) is 4.03. The number of hydrogen-bond acceptors (Lipinski definition) is 6. The molecule has 8 heteroatoms. The second-order valence-corrected chi connectivity index (χ2v) is 6.00. The van der Waals surface area contributed by atoms with E-state index in [1.54, 1.807) is 38.1 Å². The molecule has 1 heterocycles. The predicted molar refractivity (Wildman–Crippen MR) is 92.0 cm³/mol. The van der Waals surface area contributed by atoms with Crippen molar-refractivity contribution in [2.75, 3.05) is 6.61 Å². The average molecular weight is 362 g/mol. The van der Waals surface area contributed by atoms with E-state index in [-0.39, 0.29) is 18.6 Å². The number of rotatable bonds is 5. The van der Waals surface area contributed by atoms with Crippen LogP contribution >= 0.6 is 11.6 Å². The van der Waals surface area contributed by atoms with Crippen molar-refractivity contribution >= 4 is 23.3 Å². The van der Waals surface area contributed by atoms with Gasteiger partial charge < -0.3 is 4.74 Å². The van der Waals surface area contributed by atoms with E-state index in [0.717, 1.165) is 0 Å². The predicted octanol–water partition coefficient (Wildman–Crippen LogP) is 3.27. The van der Waals surface area contributed by atoms with Crippen LogP contribution in [0.1, 0.15) is 31.7 Å². The third-order valence-electron chi connectivity index (χ3n) is 3.89. The van der Waals surface area contributed by atoms with Gasteiger partial charge >= 0.3 is 5.97 Å². The number of ether oxygens (including phenoxy) is 1. The van der Waals surface area contributed by atoms with Gasteiger partial charge in [0.15, 0.2) is 0 Å². The standard InChI is InChI=1S/C17H16ClN3O4/c1-10-14(17(22)25-8-4-7-19)15(12-5-3-6-13(18)9-12)16(21(23)24)11(2)20-10/h3,5-6,9,15-16H,4,8H2,1-2H3. The molecule has 1 aliphatic heterocycles. The van der Waals surface area contributed by atoms with E-state index < -0.39 is 22.9 Å². The van der Waals surface area contributed by atoms with Crippen LogP contribution in [0.5, 0.6) is 0 Å². The van der Waals surface area contributed by atoms with E-state index >= 15 is 0 Å². The summed E-state index contributed by atoms with van der Waals surface area (Å²) in [6.07, 6.45) is 0.0425. The molecule has 0 amide bonds. The number of nitrogens with zero attached hydrogens (tertiary/aromatic N) is 3. The van der Waals surface area contributed by atoms with Crippen LogP contribution < -0.4 is 0 Å². The van der Waals surface area contributed by atoms with Gasteiger partial charge in [0.2, 0.25) is 0 Å². The van der Waals surface area contributed by atoms with Crippen molar-refractivity contribution in [1.29, 1.82) is 5.26 Å². The fourth-order valence-electron chi connectivity index (χ4n) is 2.88. The zero-order valence-corrected chi connectivity index (χ0v) is 14.5. The largest absolute Gasteiger partial charge is 0.461 e. The van der Waals surface area contributed by atoms with Gasteiger partial charge in [-0.1, -0.05) is 23.7 Å². The quantitative estimate of drug-likeness (QED) is 0.346. The van der Waals surface area contributed by atoms with Crippen LogP contribution in [0, 0.1) is 21.4 Å². The number of carbonyl (C=O) groups is 1. The summed E-state index contributed by atoms with van der Waals surface area (Å²) in [7, 11) is 0. The molecular formula is C17H16ClN3O4. The molecule has 0 saturated heterocycles. The first-order chi connectivity index (χ1) is 11.9.